The first kappa shape index (κ1) is 22.3. The maximum atomic E-state index is 5.43. The Balaban J connectivity index is 0.00000312. The minimum Gasteiger partial charge on any atom is -0.361 e. The molecule has 0 spiro atoms. The molecule has 1 aliphatic carbocycles. The Labute approximate surface area is 169 Å². The molecule has 0 unspecified atom stereocenters. The summed E-state index contributed by atoms with van der Waals surface area (Å²) in [5.41, 5.74) is 2.52. The molecular formula is C19H35IN4O. The number of hydrogen-bond donors (Lipinski definition) is 2. The van der Waals surface area contributed by atoms with E-state index in [0.717, 1.165) is 42.7 Å². The van der Waals surface area contributed by atoms with Crippen molar-refractivity contribution in [3.8, 4) is 0 Å². The molecule has 0 atom stereocenters. The molecule has 1 heterocycles. The van der Waals surface area contributed by atoms with Crippen molar-refractivity contribution in [3.05, 3.63) is 17.0 Å². The van der Waals surface area contributed by atoms with Crippen molar-refractivity contribution in [2.45, 2.75) is 72.8 Å². The van der Waals surface area contributed by atoms with E-state index in [1.165, 1.54) is 31.2 Å². The van der Waals surface area contributed by atoms with Gasteiger partial charge in [0.2, 0.25) is 0 Å². The van der Waals surface area contributed by atoms with Gasteiger partial charge in [0.25, 0.3) is 0 Å². The van der Waals surface area contributed by atoms with Crippen LogP contribution in [0.4, 0.5) is 0 Å². The van der Waals surface area contributed by atoms with Crippen LogP contribution in [-0.2, 0) is 19.4 Å². The van der Waals surface area contributed by atoms with Gasteiger partial charge in [-0.15, -0.1) is 24.0 Å². The Hall–Kier alpha value is -0.790. The average molecular weight is 462 g/mol. The Morgan fingerprint density at radius 2 is 1.88 bits per heavy atom. The Morgan fingerprint density at radius 3 is 2.44 bits per heavy atom. The summed E-state index contributed by atoms with van der Waals surface area (Å²) < 4.78 is 5.43. The largest absolute Gasteiger partial charge is 0.361 e. The van der Waals surface area contributed by atoms with Gasteiger partial charge in [0.15, 0.2) is 5.96 Å². The smallest absolute Gasteiger partial charge is 0.191 e. The van der Waals surface area contributed by atoms with Gasteiger partial charge in [-0.05, 0) is 30.6 Å². The molecule has 2 N–H and O–H groups in total. The summed E-state index contributed by atoms with van der Waals surface area (Å²) in [5, 5.41) is 11.1. The maximum Gasteiger partial charge on any atom is 0.191 e. The summed E-state index contributed by atoms with van der Waals surface area (Å²) >= 11 is 0. The summed E-state index contributed by atoms with van der Waals surface area (Å²) in [6.45, 7) is 10.6. The predicted molar refractivity (Wildman–Crippen MR) is 115 cm³/mol. The summed E-state index contributed by atoms with van der Waals surface area (Å²) in [5.74, 6) is 2.65. The van der Waals surface area contributed by atoms with Crippen molar-refractivity contribution >= 4 is 29.9 Å². The minimum absolute atomic E-state index is 0. The molecular weight excluding hydrogens is 427 g/mol. The predicted octanol–water partition coefficient (Wildman–Crippen LogP) is 4.30. The number of hydrogen-bond acceptors (Lipinski definition) is 3. The fraction of sp³-hybridized carbons (Fsp3) is 0.789. The zero-order valence-corrected chi connectivity index (χ0v) is 18.8. The lowest BCUT2D eigenvalue weighted by atomic mass is 9.78. The van der Waals surface area contributed by atoms with E-state index in [4.69, 9.17) is 4.52 Å². The van der Waals surface area contributed by atoms with Gasteiger partial charge >= 0.3 is 0 Å². The fourth-order valence-corrected chi connectivity index (χ4v) is 3.69. The van der Waals surface area contributed by atoms with Crippen LogP contribution < -0.4 is 10.6 Å². The normalized spacial score (nSPS) is 16.0. The third-order valence-electron chi connectivity index (χ3n) is 5.43. The first-order valence-corrected chi connectivity index (χ1v) is 9.42. The number of rotatable bonds is 7. The second-order valence-corrected chi connectivity index (χ2v) is 7.49. The van der Waals surface area contributed by atoms with Gasteiger partial charge in [-0.3, -0.25) is 4.99 Å². The summed E-state index contributed by atoms with van der Waals surface area (Å²) in [4.78, 5) is 4.37. The van der Waals surface area contributed by atoms with E-state index < -0.39 is 0 Å². The van der Waals surface area contributed by atoms with Crippen LogP contribution in [0.15, 0.2) is 9.52 Å². The number of aryl methyl sites for hydroxylation is 2. The molecule has 0 aliphatic heterocycles. The lowest BCUT2D eigenvalue weighted by Crippen LogP contribution is -2.43. The standard InChI is InChI=1S/C19H34N4O.HI/c1-6-16-15(17(7-2)24-23-16)12-21-18(20-5)22-13-19(3,4)14-10-8-9-11-14;/h14H,6-13H2,1-5H3,(H2,20,21,22);1H. The highest BCUT2D eigenvalue weighted by Gasteiger charge is 2.31. The SMILES string of the molecule is CCc1noc(CC)c1CNC(=NC)NCC(C)(C)C1CCCC1.I. The molecule has 1 fully saturated rings. The van der Waals surface area contributed by atoms with Crippen molar-refractivity contribution in [2.75, 3.05) is 13.6 Å². The highest BCUT2D eigenvalue weighted by molar-refractivity contribution is 14.0. The van der Waals surface area contributed by atoms with Crippen LogP contribution in [0.1, 0.15) is 70.4 Å². The van der Waals surface area contributed by atoms with Crippen molar-refractivity contribution < 1.29 is 4.52 Å². The average Bonchev–Trinajstić information content (AvgIpc) is 3.24. The maximum absolute atomic E-state index is 5.43. The topological polar surface area (TPSA) is 62.5 Å². The third-order valence-corrected chi connectivity index (χ3v) is 5.43. The molecule has 144 valence electrons. The van der Waals surface area contributed by atoms with Crippen LogP contribution >= 0.6 is 24.0 Å². The van der Waals surface area contributed by atoms with E-state index in [-0.39, 0.29) is 24.0 Å². The number of halogens is 1. The Morgan fingerprint density at radius 1 is 1.20 bits per heavy atom. The van der Waals surface area contributed by atoms with Gasteiger partial charge in [-0.1, -0.05) is 45.7 Å². The molecule has 5 nitrogen and oxygen atoms in total. The van der Waals surface area contributed by atoms with E-state index in [2.05, 4.69) is 48.5 Å². The zero-order valence-electron chi connectivity index (χ0n) is 16.4. The molecule has 0 aromatic carbocycles. The molecule has 0 bridgehead atoms. The van der Waals surface area contributed by atoms with Crippen LogP contribution in [0.2, 0.25) is 0 Å². The fourth-order valence-electron chi connectivity index (χ4n) is 3.69. The monoisotopic (exact) mass is 462 g/mol. The molecule has 0 radical (unpaired) electrons. The highest BCUT2D eigenvalue weighted by Crippen LogP contribution is 2.38. The molecule has 1 aromatic heterocycles. The number of nitrogens with zero attached hydrogens (tertiary/aromatic N) is 2. The lowest BCUT2D eigenvalue weighted by Gasteiger charge is -2.32. The third kappa shape index (κ3) is 5.86. The zero-order chi connectivity index (χ0) is 17.6. The van der Waals surface area contributed by atoms with Crippen molar-refractivity contribution in [2.24, 2.45) is 16.3 Å². The van der Waals surface area contributed by atoms with Gasteiger partial charge in [0.1, 0.15) is 5.76 Å². The Bertz CT molecular complexity index is 526. The lowest BCUT2D eigenvalue weighted by molar-refractivity contribution is 0.218. The highest BCUT2D eigenvalue weighted by atomic mass is 127. The minimum atomic E-state index is 0. The number of aliphatic imine (C=N–C) groups is 1. The molecule has 1 aromatic rings. The first-order chi connectivity index (χ1) is 11.5. The van der Waals surface area contributed by atoms with E-state index >= 15 is 0 Å². The summed E-state index contributed by atoms with van der Waals surface area (Å²) in [6, 6.07) is 0. The Kier molecular flexibility index (Phi) is 9.24. The molecule has 25 heavy (non-hydrogen) atoms. The molecule has 1 saturated carbocycles. The van der Waals surface area contributed by atoms with E-state index in [0.29, 0.717) is 12.0 Å². The molecule has 2 rings (SSSR count). The summed E-state index contributed by atoms with van der Waals surface area (Å²) in [6.07, 6.45) is 7.25. The van der Waals surface area contributed by atoms with Crippen LogP contribution in [0.5, 0.6) is 0 Å². The van der Waals surface area contributed by atoms with Gasteiger partial charge in [-0.25, -0.2) is 0 Å². The molecule has 0 saturated heterocycles. The van der Waals surface area contributed by atoms with Crippen LogP contribution in [0.25, 0.3) is 0 Å². The van der Waals surface area contributed by atoms with Gasteiger partial charge < -0.3 is 15.2 Å². The number of aromatic nitrogens is 1. The van der Waals surface area contributed by atoms with E-state index in [1.54, 1.807) is 0 Å². The second-order valence-electron chi connectivity index (χ2n) is 7.49. The van der Waals surface area contributed by atoms with Crippen molar-refractivity contribution in [3.63, 3.8) is 0 Å². The second kappa shape index (κ2) is 10.4. The number of guanidine groups is 1. The van der Waals surface area contributed by atoms with Gasteiger partial charge in [0.05, 0.1) is 5.69 Å². The quantitative estimate of drug-likeness (QED) is 0.361. The van der Waals surface area contributed by atoms with Crippen molar-refractivity contribution in [1.29, 1.82) is 0 Å². The van der Waals surface area contributed by atoms with Gasteiger partial charge in [0, 0.05) is 32.1 Å². The van der Waals surface area contributed by atoms with Crippen molar-refractivity contribution in [1.82, 2.24) is 15.8 Å². The van der Waals surface area contributed by atoms with E-state index in [1.807, 2.05) is 7.05 Å². The van der Waals surface area contributed by atoms with Crippen LogP contribution in [-0.4, -0.2) is 24.7 Å². The summed E-state index contributed by atoms with van der Waals surface area (Å²) in [7, 11) is 1.83. The van der Waals surface area contributed by atoms with Gasteiger partial charge in [-0.2, -0.15) is 0 Å². The van der Waals surface area contributed by atoms with Crippen LogP contribution in [0.3, 0.4) is 0 Å². The molecule has 6 heteroatoms. The van der Waals surface area contributed by atoms with Crippen LogP contribution in [0, 0.1) is 11.3 Å². The van der Waals surface area contributed by atoms with E-state index in [9.17, 15) is 0 Å². The molecule has 1 aliphatic rings. The molecule has 0 amide bonds. The first-order valence-electron chi connectivity index (χ1n) is 9.42. The number of nitrogens with one attached hydrogen (secondary N) is 2.